The summed E-state index contributed by atoms with van der Waals surface area (Å²) < 4.78 is 14.3. The molecule has 2 rings (SSSR count). The fourth-order valence-electron chi connectivity index (χ4n) is 2.16. The Kier molecular flexibility index (Phi) is 7.47. The Bertz CT molecular complexity index is 842. The van der Waals surface area contributed by atoms with Crippen molar-refractivity contribution in [1.82, 2.24) is 0 Å². The SMILES string of the molecule is COC(=O)c1cc(C)c(O)c(OC)c1.COc1cc(C(=O)O)cc(C)c1O. The second-order valence-electron chi connectivity index (χ2n) is 5.48. The van der Waals surface area contributed by atoms with Gasteiger partial charge in [0.15, 0.2) is 23.0 Å². The van der Waals surface area contributed by atoms with E-state index in [1.54, 1.807) is 19.9 Å². The molecule has 8 heteroatoms. The number of benzene rings is 2. The first-order chi connectivity index (χ1) is 12.7. The second kappa shape index (κ2) is 9.33. The summed E-state index contributed by atoms with van der Waals surface area (Å²) in [4.78, 5) is 21.8. The summed E-state index contributed by atoms with van der Waals surface area (Å²) >= 11 is 0. The van der Waals surface area contributed by atoms with E-state index >= 15 is 0 Å². The van der Waals surface area contributed by atoms with Gasteiger partial charge in [-0.1, -0.05) is 0 Å². The molecule has 0 radical (unpaired) electrons. The molecule has 146 valence electrons. The molecule has 0 bridgehead atoms. The van der Waals surface area contributed by atoms with Gasteiger partial charge in [-0.25, -0.2) is 9.59 Å². The number of methoxy groups -OCH3 is 3. The lowest BCUT2D eigenvalue weighted by atomic mass is 10.1. The predicted molar refractivity (Wildman–Crippen MR) is 97.1 cm³/mol. The van der Waals surface area contributed by atoms with E-state index < -0.39 is 11.9 Å². The van der Waals surface area contributed by atoms with Crippen molar-refractivity contribution < 1.29 is 39.1 Å². The molecule has 0 fully saturated rings. The van der Waals surface area contributed by atoms with Crippen LogP contribution in [0, 0.1) is 13.8 Å². The lowest BCUT2D eigenvalue weighted by Gasteiger charge is -2.08. The van der Waals surface area contributed by atoms with Crippen LogP contribution < -0.4 is 9.47 Å². The minimum absolute atomic E-state index is 0.0208. The topological polar surface area (TPSA) is 123 Å². The zero-order valence-corrected chi connectivity index (χ0v) is 15.7. The number of carboxylic acid groups (broad SMARTS) is 1. The lowest BCUT2D eigenvalue weighted by molar-refractivity contribution is 0.0599. The van der Waals surface area contributed by atoms with E-state index in [9.17, 15) is 19.8 Å². The molecule has 2 aromatic rings. The summed E-state index contributed by atoms with van der Waals surface area (Å²) in [5.41, 5.74) is 1.52. The Hall–Kier alpha value is -3.42. The van der Waals surface area contributed by atoms with Crippen molar-refractivity contribution in [2.45, 2.75) is 13.8 Å². The van der Waals surface area contributed by atoms with Gasteiger partial charge >= 0.3 is 11.9 Å². The second-order valence-corrected chi connectivity index (χ2v) is 5.48. The number of esters is 1. The summed E-state index contributed by atoms with van der Waals surface area (Å²) in [6.07, 6.45) is 0. The molecule has 3 N–H and O–H groups in total. The molecule has 0 atom stereocenters. The minimum Gasteiger partial charge on any atom is -0.504 e. The quantitative estimate of drug-likeness (QED) is 0.694. The van der Waals surface area contributed by atoms with Crippen LogP contribution in [0.5, 0.6) is 23.0 Å². The van der Waals surface area contributed by atoms with Crippen LogP contribution in [0.2, 0.25) is 0 Å². The number of hydrogen-bond acceptors (Lipinski definition) is 7. The molecule has 27 heavy (non-hydrogen) atoms. The molecule has 0 heterocycles. The Labute approximate surface area is 156 Å². The third kappa shape index (κ3) is 5.27. The summed E-state index contributed by atoms with van der Waals surface area (Å²) in [5.74, 6) is -1.02. The van der Waals surface area contributed by atoms with Gasteiger partial charge in [-0.2, -0.15) is 0 Å². The first kappa shape index (κ1) is 21.6. The predicted octanol–water partition coefficient (Wildman–Crippen LogP) is 2.90. The number of phenols is 2. The van der Waals surface area contributed by atoms with Crippen molar-refractivity contribution >= 4 is 11.9 Å². The largest absolute Gasteiger partial charge is 0.504 e. The standard InChI is InChI=1S/C10H12O4.C9H10O4/c1-6-4-7(10(12)14-3)5-8(13-2)9(6)11;1-5-3-6(9(11)12)4-7(13-2)8(5)10/h4-5,11H,1-3H3;3-4,10H,1-2H3,(H,11,12). The zero-order valence-electron chi connectivity index (χ0n) is 15.7. The Morgan fingerprint density at radius 1 is 0.778 bits per heavy atom. The lowest BCUT2D eigenvalue weighted by Crippen LogP contribution is -2.02. The van der Waals surface area contributed by atoms with Crippen molar-refractivity contribution in [3.8, 4) is 23.0 Å². The number of carbonyl (C=O) groups is 2. The van der Waals surface area contributed by atoms with Gasteiger partial charge in [-0.3, -0.25) is 0 Å². The molecule has 8 nitrogen and oxygen atoms in total. The molecule has 0 aliphatic carbocycles. The maximum absolute atomic E-state index is 11.2. The molecule has 2 aromatic carbocycles. The van der Waals surface area contributed by atoms with E-state index in [0.29, 0.717) is 16.7 Å². The van der Waals surface area contributed by atoms with Crippen LogP contribution in [0.4, 0.5) is 0 Å². The van der Waals surface area contributed by atoms with Gasteiger partial charge in [0, 0.05) is 0 Å². The molecular formula is C19H22O8. The first-order valence-electron chi connectivity index (χ1n) is 7.73. The van der Waals surface area contributed by atoms with Crippen LogP contribution >= 0.6 is 0 Å². The van der Waals surface area contributed by atoms with Crippen LogP contribution in [0.1, 0.15) is 31.8 Å². The number of aromatic carboxylic acids is 1. The molecule has 0 saturated carbocycles. The molecule has 0 aromatic heterocycles. The van der Waals surface area contributed by atoms with Gasteiger partial charge in [0.05, 0.1) is 32.5 Å². The van der Waals surface area contributed by atoms with E-state index in [1.165, 1.54) is 39.5 Å². The van der Waals surface area contributed by atoms with Crippen molar-refractivity contribution in [3.63, 3.8) is 0 Å². The smallest absolute Gasteiger partial charge is 0.337 e. The highest BCUT2D eigenvalue weighted by molar-refractivity contribution is 5.90. The highest BCUT2D eigenvalue weighted by Crippen LogP contribution is 2.31. The number of hydrogen-bond donors (Lipinski definition) is 3. The monoisotopic (exact) mass is 378 g/mol. The Balaban J connectivity index is 0.000000271. The number of phenolic OH excluding ortho intramolecular Hbond substituents is 2. The zero-order chi connectivity index (χ0) is 20.7. The van der Waals surface area contributed by atoms with Crippen LogP contribution in [-0.4, -0.2) is 48.6 Å². The van der Waals surface area contributed by atoms with E-state index in [4.69, 9.17) is 14.6 Å². The molecule has 0 saturated heterocycles. The van der Waals surface area contributed by atoms with Crippen molar-refractivity contribution in [2.24, 2.45) is 0 Å². The van der Waals surface area contributed by atoms with Gasteiger partial charge in [0.1, 0.15) is 0 Å². The summed E-state index contributed by atoms with van der Waals surface area (Å²) in [5, 5.41) is 27.6. The van der Waals surface area contributed by atoms with Crippen molar-refractivity contribution in [2.75, 3.05) is 21.3 Å². The summed E-state index contributed by atoms with van der Waals surface area (Å²) in [6, 6.07) is 5.66. The normalized spacial score (nSPS) is 9.67. The minimum atomic E-state index is -1.04. The third-order valence-electron chi connectivity index (χ3n) is 3.64. The number of ether oxygens (including phenoxy) is 3. The van der Waals surface area contributed by atoms with Crippen LogP contribution in [0.25, 0.3) is 0 Å². The average Bonchev–Trinajstić information content (AvgIpc) is 2.65. The Morgan fingerprint density at radius 2 is 1.19 bits per heavy atom. The maximum atomic E-state index is 11.2. The van der Waals surface area contributed by atoms with Gasteiger partial charge in [-0.15, -0.1) is 0 Å². The highest BCUT2D eigenvalue weighted by Gasteiger charge is 2.13. The first-order valence-corrected chi connectivity index (χ1v) is 7.73. The van der Waals surface area contributed by atoms with Crippen molar-refractivity contribution in [3.05, 3.63) is 46.5 Å². The third-order valence-corrected chi connectivity index (χ3v) is 3.64. The van der Waals surface area contributed by atoms with Crippen molar-refractivity contribution in [1.29, 1.82) is 0 Å². The van der Waals surface area contributed by atoms with Gasteiger partial charge in [-0.05, 0) is 49.2 Å². The number of aromatic hydroxyl groups is 2. The average molecular weight is 378 g/mol. The fraction of sp³-hybridized carbons (Fsp3) is 0.263. The summed E-state index contributed by atoms with van der Waals surface area (Å²) in [6.45, 7) is 3.30. The molecule has 0 aliphatic heterocycles. The van der Waals surface area contributed by atoms with Gasteiger partial charge < -0.3 is 29.5 Å². The summed E-state index contributed by atoms with van der Waals surface area (Å²) in [7, 11) is 4.10. The van der Waals surface area contributed by atoms with Crippen LogP contribution in [0.15, 0.2) is 24.3 Å². The van der Waals surface area contributed by atoms with Crippen LogP contribution in [0.3, 0.4) is 0 Å². The molecule has 0 amide bonds. The van der Waals surface area contributed by atoms with Gasteiger partial charge in [0.2, 0.25) is 0 Å². The molecule has 0 unspecified atom stereocenters. The highest BCUT2D eigenvalue weighted by atomic mass is 16.5. The fourth-order valence-corrected chi connectivity index (χ4v) is 2.16. The van der Waals surface area contributed by atoms with E-state index in [0.717, 1.165) is 0 Å². The van der Waals surface area contributed by atoms with E-state index in [-0.39, 0.29) is 28.6 Å². The van der Waals surface area contributed by atoms with Gasteiger partial charge in [0.25, 0.3) is 0 Å². The molecular weight excluding hydrogens is 356 g/mol. The Morgan fingerprint density at radius 3 is 1.56 bits per heavy atom. The molecule has 0 spiro atoms. The number of aryl methyl sites for hydroxylation is 2. The number of carbonyl (C=O) groups excluding carboxylic acids is 1. The number of rotatable bonds is 4. The van der Waals surface area contributed by atoms with E-state index in [2.05, 4.69) is 4.74 Å². The molecule has 0 aliphatic rings. The number of carboxylic acids is 1. The maximum Gasteiger partial charge on any atom is 0.337 e. The van der Waals surface area contributed by atoms with E-state index in [1.807, 2.05) is 0 Å². The van der Waals surface area contributed by atoms with Crippen LogP contribution in [-0.2, 0) is 4.74 Å².